The van der Waals surface area contributed by atoms with Crippen LogP contribution in [0.25, 0.3) is 11.1 Å². The Morgan fingerprint density at radius 3 is 2.81 bits per heavy atom. The molecule has 0 saturated carbocycles. The molecular weight excluding hydrogens is 202 g/mol. The molecule has 0 bridgehead atoms. The molecular formula is C13H12NO2. The van der Waals surface area contributed by atoms with Gasteiger partial charge in [-0.25, -0.2) is 0 Å². The van der Waals surface area contributed by atoms with Gasteiger partial charge in [-0.05, 0) is 29.8 Å². The standard InChI is InChI=1S/C13H12NO2/c1-16-13-11(6-3-7-12(13)14)9-4-2-5-10(15)8-9/h2-5,7-8,15H,14H2,1H3. The number of aromatic hydroxyl groups is 1. The predicted molar refractivity (Wildman–Crippen MR) is 63.3 cm³/mol. The van der Waals surface area contributed by atoms with E-state index in [1.807, 2.05) is 6.07 Å². The van der Waals surface area contributed by atoms with Crippen molar-refractivity contribution in [3.05, 3.63) is 42.5 Å². The van der Waals surface area contributed by atoms with Gasteiger partial charge in [0.15, 0.2) is 0 Å². The van der Waals surface area contributed by atoms with Gasteiger partial charge in [0.05, 0.1) is 12.8 Å². The number of phenolic OH excluding ortho intramolecular Hbond substituents is 1. The summed E-state index contributed by atoms with van der Waals surface area (Å²) in [6.07, 6.45) is 0. The van der Waals surface area contributed by atoms with Crippen LogP contribution in [0.4, 0.5) is 5.69 Å². The highest BCUT2D eigenvalue weighted by Gasteiger charge is 2.09. The molecule has 2 aromatic carbocycles. The Morgan fingerprint density at radius 1 is 1.31 bits per heavy atom. The minimum Gasteiger partial charge on any atom is -0.508 e. The first-order valence-corrected chi connectivity index (χ1v) is 4.86. The summed E-state index contributed by atoms with van der Waals surface area (Å²) >= 11 is 0. The van der Waals surface area contributed by atoms with Crippen molar-refractivity contribution in [1.82, 2.24) is 0 Å². The van der Waals surface area contributed by atoms with E-state index in [2.05, 4.69) is 6.07 Å². The van der Waals surface area contributed by atoms with Crippen molar-refractivity contribution in [1.29, 1.82) is 0 Å². The third-order valence-electron chi connectivity index (χ3n) is 2.32. The molecule has 0 amide bonds. The number of benzene rings is 2. The van der Waals surface area contributed by atoms with E-state index in [1.54, 1.807) is 37.4 Å². The monoisotopic (exact) mass is 214 g/mol. The lowest BCUT2D eigenvalue weighted by Crippen LogP contribution is -1.94. The zero-order chi connectivity index (χ0) is 11.5. The lowest BCUT2D eigenvalue weighted by Gasteiger charge is -2.10. The van der Waals surface area contributed by atoms with Crippen molar-refractivity contribution in [2.75, 3.05) is 12.8 Å². The Morgan fingerprint density at radius 2 is 2.12 bits per heavy atom. The summed E-state index contributed by atoms with van der Waals surface area (Å²) in [6, 6.07) is 13.4. The Kier molecular flexibility index (Phi) is 2.68. The van der Waals surface area contributed by atoms with E-state index < -0.39 is 0 Å². The molecule has 3 nitrogen and oxygen atoms in total. The van der Waals surface area contributed by atoms with Crippen LogP contribution in [0.5, 0.6) is 11.5 Å². The fourth-order valence-electron chi connectivity index (χ4n) is 1.60. The topological polar surface area (TPSA) is 55.5 Å². The lowest BCUT2D eigenvalue weighted by molar-refractivity contribution is 0.418. The van der Waals surface area contributed by atoms with Gasteiger partial charge in [0.1, 0.15) is 11.5 Å². The second-order valence-electron chi connectivity index (χ2n) is 3.39. The molecule has 0 saturated heterocycles. The summed E-state index contributed by atoms with van der Waals surface area (Å²) in [5, 5.41) is 9.42. The highest BCUT2D eigenvalue weighted by Crippen LogP contribution is 2.35. The molecule has 0 atom stereocenters. The number of nitrogen functional groups attached to an aromatic ring is 1. The molecule has 0 aromatic heterocycles. The van der Waals surface area contributed by atoms with Crippen molar-refractivity contribution in [3.63, 3.8) is 0 Å². The number of ether oxygens (including phenoxy) is 1. The van der Waals surface area contributed by atoms with Crippen LogP contribution in [-0.2, 0) is 0 Å². The number of phenols is 1. The lowest BCUT2D eigenvalue weighted by atomic mass is 10.0. The molecule has 0 aliphatic carbocycles. The van der Waals surface area contributed by atoms with E-state index in [0.717, 1.165) is 11.1 Å². The van der Waals surface area contributed by atoms with Crippen LogP contribution in [0, 0.1) is 6.07 Å². The molecule has 81 valence electrons. The van der Waals surface area contributed by atoms with Gasteiger partial charge in [-0.3, -0.25) is 0 Å². The van der Waals surface area contributed by atoms with E-state index in [9.17, 15) is 5.11 Å². The highest BCUT2D eigenvalue weighted by atomic mass is 16.5. The minimum absolute atomic E-state index is 0.204. The Labute approximate surface area is 94.1 Å². The summed E-state index contributed by atoms with van der Waals surface area (Å²) in [7, 11) is 1.56. The summed E-state index contributed by atoms with van der Waals surface area (Å²) in [4.78, 5) is 0. The summed E-state index contributed by atoms with van der Waals surface area (Å²) in [6.45, 7) is 0. The fourth-order valence-corrected chi connectivity index (χ4v) is 1.60. The van der Waals surface area contributed by atoms with Crippen LogP contribution in [0.15, 0.2) is 36.4 Å². The first-order chi connectivity index (χ1) is 7.72. The molecule has 0 unspecified atom stereocenters. The SMILES string of the molecule is COc1c(-c2cccc(O)c2)[c]ccc1N. The van der Waals surface area contributed by atoms with Crippen molar-refractivity contribution >= 4 is 5.69 Å². The molecule has 0 aliphatic heterocycles. The van der Waals surface area contributed by atoms with Crippen LogP contribution in [0.1, 0.15) is 0 Å². The first kappa shape index (κ1) is 10.4. The van der Waals surface area contributed by atoms with Crippen molar-refractivity contribution in [2.24, 2.45) is 0 Å². The van der Waals surface area contributed by atoms with Crippen molar-refractivity contribution in [3.8, 4) is 22.6 Å². The van der Waals surface area contributed by atoms with Crippen LogP contribution in [0.2, 0.25) is 0 Å². The molecule has 2 aromatic rings. The van der Waals surface area contributed by atoms with E-state index in [-0.39, 0.29) is 5.75 Å². The molecule has 16 heavy (non-hydrogen) atoms. The van der Waals surface area contributed by atoms with Gasteiger partial charge in [-0.15, -0.1) is 0 Å². The van der Waals surface area contributed by atoms with Crippen LogP contribution >= 0.6 is 0 Å². The average Bonchev–Trinajstić information content (AvgIpc) is 2.28. The van der Waals surface area contributed by atoms with Gasteiger partial charge < -0.3 is 15.6 Å². The van der Waals surface area contributed by atoms with Gasteiger partial charge >= 0.3 is 0 Å². The second-order valence-corrected chi connectivity index (χ2v) is 3.39. The molecule has 2 rings (SSSR count). The fraction of sp³-hybridized carbons (Fsp3) is 0.0769. The zero-order valence-corrected chi connectivity index (χ0v) is 8.90. The average molecular weight is 214 g/mol. The number of nitrogens with two attached hydrogens (primary N) is 1. The van der Waals surface area contributed by atoms with E-state index >= 15 is 0 Å². The molecule has 0 spiro atoms. The molecule has 0 heterocycles. The van der Waals surface area contributed by atoms with Gasteiger partial charge in [0, 0.05) is 5.56 Å². The third-order valence-corrected chi connectivity index (χ3v) is 2.32. The Bertz CT molecular complexity index is 509. The smallest absolute Gasteiger partial charge is 0.150 e. The maximum absolute atomic E-state index is 9.42. The third kappa shape index (κ3) is 1.80. The molecule has 0 fully saturated rings. The van der Waals surface area contributed by atoms with E-state index in [4.69, 9.17) is 10.5 Å². The van der Waals surface area contributed by atoms with Crippen LogP contribution in [0.3, 0.4) is 0 Å². The normalized spacial score (nSPS) is 10.1. The maximum atomic E-state index is 9.42. The van der Waals surface area contributed by atoms with Crippen LogP contribution in [-0.4, -0.2) is 12.2 Å². The summed E-state index contributed by atoms with van der Waals surface area (Å²) in [5.41, 5.74) is 7.93. The Hall–Kier alpha value is -2.16. The molecule has 3 N–H and O–H groups in total. The van der Waals surface area contributed by atoms with Crippen molar-refractivity contribution < 1.29 is 9.84 Å². The van der Waals surface area contributed by atoms with E-state index in [0.29, 0.717) is 11.4 Å². The second kappa shape index (κ2) is 4.14. The zero-order valence-electron chi connectivity index (χ0n) is 8.90. The summed E-state index contributed by atoms with van der Waals surface area (Å²) < 4.78 is 5.23. The number of hydrogen-bond acceptors (Lipinski definition) is 3. The maximum Gasteiger partial charge on any atom is 0.150 e. The summed E-state index contributed by atoms with van der Waals surface area (Å²) in [5.74, 6) is 0.781. The predicted octanol–water partition coefficient (Wildman–Crippen LogP) is 2.45. The van der Waals surface area contributed by atoms with Gasteiger partial charge in [-0.2, -0.15) is 0 Å². The molecule has 1 radical (unpaired) electrons. The highest BCUT2D eigenvalue weighted by molar-refractivity contribution is 5.77. The largest absolute Gasteiger partial charge is 0.508 e. The minimum atomic E-state index is 0.204. The molecule has 3 heteroatoms. The van der Waals surface area contributed by atoms with Gasteiger partial charge in [0.25, 0.3) is 0 Å². The van der Waals surface area contributed by atoms with Crippen molar-refractivity contribution in [2.45, 2.75) is 0 Å². The quantitative estimate of drug-likeness (QED) is 0.755. The van der Waals surface area contributed by atoms with E-state index in [1.165, 1.54) is 0 Å². The van der Waals surface area contributed by atoms with Gasteiger partial charge in [-0.1, -0.05) is 18.2 Å². The number of hydrogen-bond donors (Lipinski definition) is 2. The molecule has 0 aliphatic rings. The number of methoxy groups -OCH3 is 1. The van der Waals surface area contributed by atoms with Gasteiger partial charge in [0.2, 0.25) is 0 Å². The van der Waals surface area contributed by atoms with Crippen LogP contribution < -0.4 is 10.5 Å². The number of anilines is 1. The number of rotatable bonds is 2. The Balaban J connectivity index is 2.60. The first-order valence-electron chi connectivity index (χ1n) is 4.86.